The smallest absolute Gasteiger partial charge is 0.475 e. The summed E-state index contributed by atoms with van der Waals surface area (Å²) < 4.78 is 41.1. The quantitative estimate of drug-likeness (QED) is 0.644. The molecule has 1 aliphatic rings. The van der Waals surface area contributed by atoms with Crippen molar-refractivity contribution in [1.82, 2.24) is 5.32 Å². The van der Waals surface area contributed by atoms with Crippen LogP contribution in [0.2, 0.25) is 0 Å². The monoisotopic (exact) mass is 407 g/mol. The van der Waals surface area contributed by atoms with Crippen LogP contribution in [0.15, 0.2) is 18.2 Å². The lowest BCUT2D eigenvalue weighted by molar-refractivity contribution is -0.192. The number of carboxylic acids is 1. The fourth-order valence-electron chi connectivity index (χ4n) is 2.53. The molecular weight excluding hydrogens is 387 g/mol. The Hall–Kier alpha value is -2.66. The number of carbonyl (C=O) groups is 3. The van der Waals surface area contributed by atoms with Crippen LogP contribution in [0.25, 0.3) is 0 Å². The standard InChI is InChI=1S/C15H19NO5.C2HF3O2/c1-20-13(17)11-4-3-10(9-12(11)14(18)21-2)15(19)5-7-16-8-6-15;3-2(4,5)1(6)7/h3-4,9,16,19H,5-8H2,1-2H3;(H,6,7). The first-order chi connectivity index (χ1) is 13.0. The normalized spacial score (nSPS) is 15.6. The van der Waals surface area contributed by atoms with Gasteiger partial charge in [-0.3, -0.25) is 0 Å². The lowest BCUT2D eigenvalue weighted by Gasteiger charge is -2.33. The first-order valence-corrected chi connectivity index (χ1v) is 8.00. The van der Waals surface area contributed by atoms with Gasteiger partial charge in [0.25, 0.3) is 0 Å². The van der Waals surface area contributed by atoms with Gasteiger partial charge in [0.05, 0.1) is 30.9 Å². The molecule has 0 bridgehead atoms. The highest BCUT2D eigenvalue weighted by atomic mass is 19.4. The summed E-state index contributed by atoms with van der Waals surface area (Å²) >= 11 is 0. The van der Waals surface area contributed by atoms with E-state index in [4.69, 9.17) is 14.6 Å². The topological polar surface area (TPSA) is 122 Å². The van der Waals surface area contributed by atoms with Gasteiger partial charge in [-0.15, -0.1) is 0 Å². The zero-order valence-electron chi connectivity index (χ0n) is 15.1. The molecule has 1 aliphatic heterocycles. The summed E-state index contributed by atoms with van der Waals surface area (Å²) in [6, 6.07) is 4.67. The number of piperidine rings is 1. The van der Waals surface area contributed by atoms with Crippen molar-refractivity contribution in [3.8, 4) is 0 Å². The summed E-state index contributed by atoms with van der Waals surface area (Å²) in [5.74, 6) is -4.00. The first kappa shape index (κ1) is 23.4. The molecule has 0 amide bonds. The first-order valence-electron chi connectivity index (χ1n) is 8.00. The predicted octanol–water partition coefficient (Wildman–Crippen LogP) is 1.46. The number of alkyl halides is 3. The van der Waals surface area contributed by atoms with E-state index in [-0.39, 0.29) is 11.1 Å². The van der Waals surface area contributed by atoms with Crippen LogP contribution in [0.4, 0.5) is 13.2 Å². The highest BCUT2D eigenvalue weighted by Gasteiger charge is 2.38. The minimum atomic E-state index is -5.08. The van der Waals surface area contributed by atoms with Crippen LogP contribution in [0.5, 0.6) is 0 Å². The second kappa shape index (κ2) is 9.51. The highest BCUT2D eigenvalue weighted by Crippen LogP contribution is 2.32. The maximum Gasteiger partial charge on any atom is 0.490 e. The molecule has 156 valence electrons. The molecule has 1 aromatic carbocycles. The van der Waals surface area contributed by atoms with Gasteiger partial charge in [-0.1, -0.05) is 6.07 Å². The molecule has 11 heteroatoms. The fraction of sp³-hybridized carbons (Fsp3) is 0.471. The number of benzene rings is 1. The average molecular weight is 407 g/mol. The number of ether oxygens (including phenoxy) is 2. The van der Waals surface area contributed by atoms with Gasteiger partial charge in [0.2, 0.25) is 0 Å². The number of carbonyl (C=O) groups excluding carboxylic acids is 2. The fourth-order valence-corrected chi connectivity index (χ4v) is 2.53. The van der Waals surface area contributed by atoms with Crippen molar-refractivity contribution < 1.29 is 47.2 Å². The molecule has 3 N–H and O–H groups in total. The average Bonchev–Trinajstić information content (AvgIpc) is 2.66. The molecule has 2 rings (SSSR count). The van der Waals surface area contributed by atoms with Crippen molar-refractivity contribution in [1.29, 1.82) is 0 Å². The van der Waals surface area contributed by atoms with Gasteiger partial charge in [0.15, 0.2) is 0 Å². The van der Waals surface area contributed by atoms with E-state index in [9.17, 15) is 27.9 Å². The second-order valence-corrected chi connectivity index (χ2v) is 5.83. The van der Waals surface area contributed by atoms with Gasteiger partial charge in [0, 0.05) is 0 Å². The maximum atomic E-state index is 11.9. The third kappa shape index (κ3) is 5.92. The van der Waals surface area contributed by atoms with Gasteiger partial charge >= 0.3 is 24.1 Å². The summed E-state index contributed by atoms with van der Waals surface area (Å²) in [7, 11) is 2.49. The Labute approximate surface area is 158 Å². The molecule has 8 nitrogen and oxygen atoms in total. The van der Waals surface area contributed by atoms with Crippen LogP contribution in [0.3, 0.4) is 0 Å². The van der Waals surface area contributed by atoms with Gasteiger partial charge in [-0.25, -0.2) is 14.4 Å². The summed E-state index contributed by atoms with van der Waals surface area (Å²) in [4.78, 5) is 32.5. The van der Waals surface area contributed by atoms with Gasteiger partial charge in [-0.2, -0.15) is 13.2 Å². The third-order valence-corrected chi connectivity index (χ3v) is 4.04. The molecule has 0 spiro atoms. The number of rotatable bonds is 3. The van der Waals surface area contributed by atoms with E-state index >= 15 is 0 Å². The number of hydrogen-bond donors (Lipinski definition) is 3. The van der Waals surface area contributed by atoms with Crippen molar-refractivity contribution >= 4 is 17.9 Å². The SMILES string of the molecule is COC(=O)c1ccc(C2(O)CCNCC2)cc1C(=O)OC.O=C(O)C(F)(F)F. The third-order valence-electron chi connectivity index (χ3n) is 4.04. The molecule has 0 aliphatic carbocycles. The molecule has 28 heavy (non-hydrogen) atoms. The van der Waals surface area contributed by atoms with E-state index in [1.807, 2.05) is 0 Å². The number of halogens is 3. The summed E-state index contributed by atoms with van der Waals surface area (Å²) in [5, 5.41) is 21.0. The van der Waals surface area contributed by atoms with Crippen LogP contribution in [0.1, 0.15) is 39.1 Å². The minimum Gasteiger partial charge on any atom is -0.475 e. The summed E-state index contributed by atoms with van der Waals surface area (Å²) in [5.41, 5.74) is -0.153. The molecule has 1 aromatic rings. The van der Waals surface area contributed by atoms with E-state index in [0.717, 1.165) is 0 Å². The zero-order chi connectivity index (χ0) is 21.5. The minimum absolute atomic E-state index is 0.105. The molecule has 0 saturated carbocycles. The lowest BCUT2D eigenvalue weighted by atomic mass is 9.83. The lowest BCUT2D eigenvalue weighted by Crippen LogP contribution is -2.39. The van der Waals surface area contributed by atoms with E-state index in [2.05, 4.69) is 10.1 Å². The molecule has 0 radical (unpaired) electrons. The number of nitrogens with one attached hydrogen (secondary N) is 1. The Bertz CT molecular complexity index is 728. The van der Waals surface area contributed by atoms with Crippen LogP contribution in [-0.2, 0) is 19.9 Å². The molecular formula is C17H20F3NO7. The Morgan fingerprint density at radius 2 is 1.50 bits per heavy atom. The maximum absolute atomic E-state index is 11.9. The Morgan fingerprint density at radius 3 is 1.93 bits per heavy atom. The largest absolute Gasteiger partial charge is 0.490 e. The van der Waals surface area contributed by atoms with Crippen molar-refractivity contribution in [2.24, 2.45) is 0 Å². The number of esters is 2. The van der Waals surface area contributed by atoms with E-state index < -0.39 is 29.7 Å². The van der Waals surface area contributed by atoms with Gasteiger partial charge in [-0.05, 0) is 43.6 Å². The van der Waals surface area contributed by atoms with Crippen LogP contribution in [0, 0.1) is 0 Å². The Morgan fingerprint density at radius 1 is 1.04 bits per heavy atom. The molecule has 1 fully saturated rings. The number of hydrogen-bond acceptors (Lipinski definition) is 7. The molecule has 0 atom stereocenters. The highest BCUT2D eigenvalue weighted by molar-refractivity contribution is 6.03. The molecule has 0 aromatic heterocycles. The van der Waals surface area contributed by atoms with E-state index in [1.165, 1.54) is 26.4 Å². The number of aliphatic carboxylic acids is 1. The van der Waals surface area contributed by atoms with Gasteiger partial charge in [0.1, 0.15) is 0 Å². The molecule has 1 saturated heterocycles. The van der Waals surface area contributed by atoms with Crippen molar-refractivity contribution in [2.75, 3.05) is 27.3 Å². The van der Waals surface area contributed by atoms with Crippen molar-refractivity contribution in [3.05, 3.63) is 34.9 Å². The van der Waals surface area contributed by atoms with Crippen LogP contribution < -0.4 is 5.32 Å². The second-order valence-electron chi connectivity index (χ2n) is 5.83. The van der Waals surface area contributed by atoms with Crippen LogP contribution in [-0.4, -0.2) is 61.6 Å². The zero-order valence-corrected chi connectivity index (χ0v) is 15.1. The molecule has 1 heterocycles. The number of carboxylic acid groups (broad SMARTS) is 1. The number of methoxy groups -OCH3 is 2. The van der Waals surface area contributed by atoms with Crippen molar-refractivity contribution in [2.45, 2.75) is 24.6 Å². The summed E-state index contributed by atoms with van der Waals surface area (Å²) in [6.45, 7) is 1.39. The van der Waals surface area contributed by atoms with Gasteiger partial charge < -0.3 is 25.0 Å². The number of aliphatic hydroxyl groups is 1. The van der Waals surface area contributed by atoms with Crippen LogP contribution >= 0.6 is 0 Å². The Balaban J connectivity index is 0.000000480. The Kier molecular flexibility index (Phi) is 7.94. The molecule has 0 unspecified atom stereocenters. The van der Waals surface area contributed by atoms with E-state index in [1.54, 1.807) is 6.07 Å². The van der Waals surface area contributed by atoms with Crippen molar-refractivity contribution in [3.63, 3.8) is 0 Å². The summed E-state index contributed by atoms with van der Waals surface area (Å²) in [6.07, 6.45) is -3.99. The van der Waals surface area contributed by atoms with E-state index in [0.29, 0.717) is 31.5 Å². The predicted molar refractivity (Wildman–Crippen MR) is 88.8 cm³/mol.